The third-order valence-electron chi connectivity index (χ3n) is 4.73. The lowest BCUT2D eigenvalue weighted by Gasteiger charge is -2.10. The van der Waals surface area contributed by atoms with Crippen LogP contribution < -0.4 is 5.56 Å². The Kier molecular flexibility index (Phi) is 3.56. The zero-order chi connectivity index (χ0) is 19.4. The monoisotopic (exact) mass is 391 g/mol. The first-order chi connectivity index (χ1) is 13.6. The van der Waals surface area contributed by atoms with Crippen LogP contribution in [0, 0.1) is 0 Å². The molecule has 2 aromatic heterocycles. The van der Waals surface area contributed by atoms with Crippen molar-refractivity contribution in [2.24, 2.45) is 0 Å². The lowest BCUT2D eigenvalue weighted by Crippen LogP contribution is -2.16. The summed E-state index contributed by atoms with van der Waals surface area (Å²) >= 11 is 1.43. The number of ether oxygens (including phenoxy) is 1. The Morgan fingerprint density at radius 1 is 1.21 bits per heavy atom. The molecule has 0 saturated heterocycles. The van der Waals surface area contributed by atoms with E-state index in [9.17, 15) is 14.7 Å². The van der Waals surface area contributed by atoms with Gasteiger partial charge in [0.25, 0.3) is 5.56 Å². The molecule has 28 heavy (non-hydrogen) atoms. The molecule has 7 nitrogen and oxygen atoms in total. The molecule has 1 aliphatic rings. The van der Waals surface area contributed by atoms with Crippen molar-refractivity contribution in [3.8, 4) is 0 Å². The Bertz CT molecular complexity index is 1350. The Labute approximate surface area is 162 Å². The van der Waals surface area contributed by atoms with Crippen molar-refractivity contribution < 1.29 is 14.6 Å². The number of para-hydroxylation sites is 1. The smallest absolute Gasteiger partial charge is 0.337 e. The number of carbonyl (C=O) groups is 1. The number of allylic oxidation sites excluding steroid dienone is 1. The average Bonchev–Trinajstić information content (AvgIpc) is 3.27. The van der Waals surface area contributed by atoms with E-state index in [0.717, 1.165) is 10.2 Å². The molecule has 4 aromatic rings. The summed E-state index contributed by atoms with van der Waals surface area (Å²) in [6, 6.07) is 12.3. The predicted octanol–water partition coefficient (Wildman–Crippen LogP) is 3.12. The zero-order valence-electron chi connectivity index (χ0n) is 14.7. The van der Waals surface area contributed by atoms with Crippen molar-refractivity contribution >= 4 is 44.0 Å². The van der Waals surface area contributed by atoms with E-state index >= 15 is 0 Å². The van der Waals surface area contributed by atoms with Gasteiger partial charge < -0.3 is 14.4 Å². The molecule has 8 heteroatoms. The molecule has 5 rings (SSSR count). The van der Waals surface area contributed by atoms with Crippen LogP contribution in [0.1, 0.15) is 21.2 Å². The van der Waals surface area contributed by atoms with Gasteiger partial charge in [-0.15, -0.1) is 11.3 Å². The van der Waals surface area contributed by atoms with Crippen LogP contribution in [0.2, 0.25) is 0 Å². The highest BCUT2D eigenvalue weighted by Crippen LogP contribution is 2.36. The maximum atomic E-state index is 12.6. The second kappa shape index (κ2) is 6.00. The van der Waals surface area contributed by atoms with Crippen LogP contribution in [0.5, 0.6) is 0 Å². The number of aliphatic hydroxyl groups excluding tert-OH is 1. The van der Waals surface area contributed by atoms with Crippen molar-refractivity contribution in [2.75, 3.05) is 7.11 Å². The Morgan fingerprint density at radius 2 is 2.04 bits per heavy atom. The molecule has 2 aromatic carbocycles. The average molecular weight is 391 g/mol. The number of hydrogen-bond donors (Lipinski definition) is 1. The minimum atomic E-state index is -0.498. The number of nitrogens with zero attached hydrogens (tertiary/aromatic N) is 3. The van der Waals surface area contributed by atoms with Crippen LogP contribution in [0.3, 0.4) is 0 Å². The van der Waals surface area contributed by atoms with Crippen molar-refractivity contribution in [3.05, 3.63) is 75.0 Å². The number of fused-ring (bicyclic) bond motifs is 4. The number of aromatic nitrogens is 3. The number of thiazole rings is 1. The number of methoxy groups -OCH3 is 1. The summed E-state index contributed by atoms with van der Waals surface area (Å²) in [6.07, 6.45) is 0. The molecule has 0 radical (unpaired) electrons. The molecular formula is C20H13N3O4S. The molecule has 0 unspecified atom stereocenters. The lowest BCUT2D eigenvalue weighted by molar-refractivity contribution is 0.0601. The van der Waals surface area contributed by atoms with E-state index in [0.29, 0.717) is 32.9 Å². The Balaban J connectivity index is 1.75. The Morgan fingerprint density at radius 3 is 2.82 bits per heavy atom. The molecule has 0 aliphatic carbocycles. The highest BCUT2D eigenvalue weighted by atomic mass is 32.1. The van der Waals surface area contributed by atoms with Gasteiger partial charge in [-0.05, 0) is 30.3 Å². The highest BCUT2D eigenvalue weighted by Gasteiger charge is 2.28. The van der Waals surface area contributed by atoms with E-state index < -0.39 is 11.5 Å². The van der Waals surface area contributed by atoms with E-state index in [4.69, 9.17) is 4.74 Å². The number of benzene rings is 2. The number of rotatable bonds is 2. The fourth-order valence-electron chi connectivity index (χ4n) is 3.42. The number of esters is 1. The number of carbonyl (C=O) groups excluding carboxylic acids is 1. The van der Waals surface area contributed by atoms with Gasteiger partial charge in [0.05, 0.1) is 45.9 Å². The summed E-state index contributed by atoms with van der Waals surface area (Å²) in [4.78, 5) is 33.3. The van der Waals surface area contributed by atoms with Gasteiger partial charge in [-0.25, -0.2) is 9.78 Å². The second-order valence-corrected chi connectivity index (χ2v) is 7.39. The molecule has 1 N–H and O–H groups in total. The molecule has 0 fully saturated rings. The van der Waals surface area contributed by atoms with Crippen molar-refractivity contribution in [2.45, 2.75) is 6.54 Å². The summed E-state index contributed by atoms with van der Waals surface area (Å²) in [5, 5.41) is 11.6. The predicted molar refractivity (Wildman–Crippen MR) is 106 cm³/mol. The third kappa shape index (κ3) is 2.35. The first-order valence-electron chi connectivity index (χ1n) is 8.48. The molecule has 0 saturated carbocycles. The van der Waals surface area contributed by atoms with Gasteiger partial charge in [0.1, 0.15) is 10.8 Å². The van der Waals surface area contributed by atoms with Crippen LogP contribution in [0.15, 0.2) is 53.0 Å². The molecule has 138 valence electrons. The van der Waals surface area contributed by atoms with E-state index in [1.807, 2.05) is 24.3 Å². The number of hydrogen-bond acceptors (Lipinski definition) is 7. The maximum absolute atomic E-state index is 12.6. The van der Waals surface area contributed by atoms with Gasteiger partial charge in [-0.2, -0.15) is 4.98 Å². The molecule has 0 atom stereocenters. The van der Waals surface area contributed by atoms with Crippen LogP contribution >= 0.6 is 11.3 Å². The van der Waals surface area contributed by atoms with E-state index in [1.165, 1.54) is 24.5 Å². The van der Waals surface area contributed by atoms with E-state index in [2.05, 4.69) is 9.97 Å². The molecule has 0 bridgehead atoms. The normalized spacial score (nSPS) is 13.3. The van der Waals surface area contributed by atoms with Gasteiger partial charge in [0, 0.05) is 0 Å². The summed E-state index contributed by atoms with van der Waals surface area (Å²) < 4.78 is 7.47. The second-order valence-electron chi connectivity index (χ2n) is 6.36. The largest absolute Gasteiger partial charge is 0.510 e. The summed E-state index contributed by atoms with van der Waals surface area (Å²) in [6.45, 7) is 0.148. The first-order valence-corrected chi connectivity index (χ1v) is 9.30. The minimum Gasteiger partial charge on any atom is -0.510 e. The van der Waals surface area contributed by atoms with Crippen LogP contribution in [0.4, 0.5) is 0 Å². The molecule has 1 aliphatic heterocycles. The fraction of sp³-hybridized carbons (Fsp3) is 0.100. The summed E-state index contributed by atoms with van der Waals surface area (Å²) in [5.74, 6) is -0.0694. The van der Waals surface area contributed by atoms with Crippen molar-refractivity contribution in [3.63, 3.8) is 0 Å². The van der Waals surface area contributed by atoms with Gasteiger partial charge in [0.2, 0.25) is 0 Å². The quantitative estimate of drug-likeness (QED) is 0.528. The van der Waals surface area contributed by atoms with Gasteiger partial charge >= 0.3 is 5.97 Å². The molecular weight excluding hydrogens is 378 g/mol. The standard InChI is InChI=1S/C20H13N3O4S/c1-27-20(26)10-6-7-11-13(8-10)23-9-14(24)16(17(23)22-18(11)25)19-21-12-4-2-3-5-15(12)28-19/h2-8,24H,9H2,1H3. The van der Waals surface area contributed by atoms with Gasteiger partial charge in [0.15, 0.2) is 5.82 Å². The number of aliphatic hydroxyl groups is 1. The zero-order valence-corrected chi connectivity index (χ0v) is 15.5. The van der Waals surface area contributed by atoms with E-state index in [1.54, 1.807) is 16.7 Å². The Hall–Kier alpha value is -3.52. The van der Waals surface area contributed by atoms with Crippen LogP contribution in [0.25, 0.3) is 26.7 Å². The van der Waals surface area contributed by atoms with Gasteiger partial charge in [-0.1, -0.05) is 12.1 Å². The third-order valence-corrected chi connectivity index (χ3v) is 5.78. The van der Waals surface area contributed by atoms with Crippen LogP contribution in [-0.2, 0) is 11.3 Å². The summed E-state index contributed by atoms with van der Waals surface area (Å²) in [7, 11) is 1.30. The first kappa shape index (κ1) is 16.6. The van der Waals surface area contributed by atoms with Crippen molar-refractivity contribution in [1.29, 1.82) is 0 Å². The summed E-state index contributed by atoms with van der Waals surface area (Å²) in [5.41, 5.74) is 1.68. The maximum Gasteiger partial charge on any atom is 0.337 e. The lowest BCUT2D eigenvalue weighted by atomic mass is 10.1. The minimum absolute atomic E-state index is 0.0851. The SMILES string of the molecule is COC(=O)c1ccc2c(=O)nc3n(c2c1)CC(O)=C3c1nc2ccccc2s1. The van der Waals surface area contributed by atoms with Crippen molar-refractivity contribution in [1.82, 2.24) is 14.5 Å². The molecule has 0 spiro atoms. The van der Waals surface area contributed by atoms with Gasteiger partial charge in [-0.3, -0.25) is 4.79 Å². The molecule has 0 amide bonds. The highest BCUT2D eigenvalue weighted by molar-refractivity contribution is 7.19. The molecule has 3 heterocycles. The topological polar surface area (TPSA) is 94.3 Å². The van der Waals surface area contributed by atoms with E-state index in [-0.39, 0.29) is 12.3 Å². The van der Waals surface area contributed by atoms with Crippen LogP contribution in [-0.4, -0.2) is 32.7 Å². The fourth-order valence-corrected chi connectivity index (χ4v) is 4.45.